The van der Waals surface area contributed by atoms with Gasteiger partial charge in [-0.15, -0.1) is 0 Å². The third-order valence-corrected chi connectivity index (χ3v) is 8.07. The van der Waals surface area contributed by atoms with Crippen molar-refractivity contribution in [1.82, 2.24) is 4.90 Å². The molecule has 3 aliphatic heterocycles. The first-order valence-corrected chi connectivity index (χ1v) is 13.7. The molecule has 2 bridgehead atoms. The molecule has 4 atom stereocenters. The summed E-state index contributed by atoms with van der Waals surface area (Å²) in [5.41, 5.74) is 1.01. The first-order chi connectivity index (χ1) is 17.0. The van der Waals surface area contributed by atoms with E-state index in [0.29, 0.717) is 31.6 Å². The van der Waals surface area contributed by atoms with Gasteiger partial charge in [0.15, 0.2) is 5.79 Å². The minimum atomic E-state index is -1.02. The normalized spacial score (nSPS) is 31.5. The van der Waals surface area contributed by atoms with Crippen LogP contribution in [0.15, 0.2) is 36.4 Å². The molecule has 4 rings (SSSR count). The molecule has 7 nitrogen and oxygen atoms in total. The van der Waals surface area contributed by atoms with Crippen LogP contribution < -0.4 is 4.74 Å². The Labute approximate surface area is 212 Å². The zero-order valence-electron chi connectivity index (χ0n) is 20.8. The van der Waals surface area contributed by atoms with Gasteiger partial charge < -0.3 is 23.8 Å². The smallest absolute Gasteiger partial charge is 0.306 e. The number of amides is 1. The molecule has 192 valence electrons. The molecule has 0 aliphatic carbocycles. The average molecular weight is 504 g/mol. The Hall–Kier alpha value is -2.03. The zero-order valence-corrected chi connectivity index (χ0v) is 21.6. The molecule has 0 radical (unpaired) electrons. The van der Waals surface area contributed by atoms with E-state index in [9.17, 15) is 9.59 Å². The standard InChI is InChI=1S/C27H37NO6S/c1-31-21-14-12-20(13-15-21)18-28-24(19-35-26(28)30)27(32-2)17-23-16-22(34-27)10-8-6-4-3-5-7-9-11-25(29)33-23/h3-4,12-15,22-24H,5-11,16-19H2,1-2H3/b4-3+/t22-,23-,24+,27-/m1/s1. The van der Waals surface area contributed by atoms with E-state index in [1.807, 2.05) is 29.2 Å². The number of ether oxygens (including phenoxy) is 4. The number of benzene rings is 1. The van der Waals surface area contributed by atoms with Gasteiger partial charge in [-0.3, -0.25) is 9.59 Å². The lowest BCUT2D eigenvalue weighted by molar-refractivity contribution is -0.306. The highest BCUT2D eigenvalue weighted by atomic mass is 32.2. The molecule has 1 amide bonds. The Morgan fingerprint density at radius 2 is 1.83 bits per heavy atom. The summed E-state index contributed by atoms with van der Waals surface area (Å²) in [5.74, 6) is 0.165. The Bertz CT molecular complexity index is 890. The second-order valence-electron chi connectivity index (χ2n) is 9.52. The fourth-order valence-electron chi connectivity index (χ4n) is 5.21. The van der Waals surface area contributed by atoms with Crippen LogP contribution in [-0.2, 0) is 25.5 Å². The predicted octanol–water partition coefficient (Wildman–Crippen LogP) is 5.47. The first kappa shape index (κ1) is 26.0. The van der Waals surface area contributed by atoms with Gasteiger partial charge >= 0.3 is 5.97 Å². The third kappa shape index (κ3) is 6.60. The number of thioether (sulfide) groups is 1. The summed E-state index contributed by atoms with van der Waals surface area (Å²) in [6, 6.07) is 7.46. The second kappa shape index (κ2) is 12.3. The second-order valence-corrected chi connectivity index (χ2v) is 10.5. The minimum absolute atomic E-state index is 0.00814. The Kier molecular flexibility index (Phi) is 9.14. The molecule has 0 spiro atoms. The first-order valence-electron chi connectivity index (χ1n) is 12.7. The lowest BCUT2D eigenvalue weighted by atomic mass is 9.90. The molecule has 0 saturated carbocycles. The molecule has 0 aromatic heterocycles. The van der Waals surface area contributed by atoms with Crippen LogP contribution in [0.2, 0.25) is 0 Å². The summed E-state index contributed by atoms with van der Waals surface area (Å²) in [6.07, 6.45) is 11.2. The van der Waals surface area contributed by atoms with Crippen molar-refractivity contribution in [3.63, 3.8) is 0 Å². The van der Waals surface area contributed by atoms with Crippen LogP contribution in [0.5, 0.6) is 5.75 Å². The van der Waals surface area contributed by atoms with Gasteiger partial charge in [-0.05, 0) is 56.2 Å². The largest absolute Gasteiger partial charge is 0.497 e. The van der Waals surface area contributed by atoms with Gasteiger partial charge in [-0.1, -0.05) is 36.0 Å². The van der Waals surface area contributed by atoms with Crippen molar-refractivity contribution in [3.8, 4) is 5.75 Å². The molecule has 0 N–H and O–H groups in total. The van der Waals surface area contributed by atoms with Crippen molar-refractivity contribution in [1.29, 1.82) is 0 Å². The summed E-state index contributed by atoms with van der Waals surface area (Å²) in [7, 11) is 3.28. The number of rotatable bonds is 5. The predicted molar refractivity (Wildman–Crippen MR) is 135 cm³/mol. The number of hydrogen-bond donors (Lipinski definition) is 0. The van der Waals surface area contributed by atoms with Gasteiger partial charge in [0, 0.05) is 38.7 Å². The van der Waals surface area contributed by atoms with Gasteiger partial charge in [0.25, 0.3) is 5.24 Å². The summed E-state index contributed by atoms with van der Waals surface area (Å²) >= 11 is 1.29. The number of allylic oxidation sites excluding steroid dienone is 2. The molecule has 8 heteroatoms. The molecule has 3 aliphatic rings. The lowest BCUT2D eigenvalue weighted by Gasteiger charge is -2.48. The molecular formula is C27H37NO6S. The number of carbonyl (C=O) groups is 2. The van der Waals surface area contributed by atoms with E-state index in [-0.39, 0.29) is 29.5 Å². The van der Waals surface area contributed by atoms with E-state index in [1.54, 1.807) is 14.2 Å². The quantitative estimate of drug-likeness (QED) is 0.390. The molecule has 2 fully saturated rings. The molecule has 3 heterocycles. The van der Waals surface area contributed by atoms with Gasteiger partial charge in [-0.2, -0.15) is 0 Å². The van der Waals surface area contributed by atoms with Gasteiger partial charge in [0.2, 0.25) is 0 Å². The monoisotopic (exact) mass is 503 g/mol. The summed E-state index contributed by atoms with van der Waals surface area (Å²) in [5, 5.41) is 0.00814. The summed E-state index contributed by atoms with van der Waals surface area (Å²) in [4.78, 5) is 27.4. The van der Waals surface area contributed by atoms with Crippen LogP contribution in [0.4, 0.5) is 4.79 Å². The highest BCUT2D eigenvalue weighted by Gasteiger charge is 2.54. The summed E-state index contributed by atoms with van der Waals surface area (Å²) < 4.78 is 24.0. The molecule has 35 heavy (non-hydrogen) atoms. The number of nitrogens with zero attached hydrogens (tertiary/aromatic N) is 1. The van der Waals surface area contributed by atoms with Crippen LogP contribution in [0.1, 0.15) is 63.4 Å². The number of hydrogen-bond acceptors (Lipinski definition) is 7. The molecule has 2 saturated heterocycles. The molecule has 0 unspecified atom stereocenters. The molecule has 1 aromatic carbocycles. The number of carbonyl (C=O) groups excluding carboxylic acids is 2. The Morgan fingerprint density at radius 1 is 1.06 bits per heavy atom. The molecule has 1 aromatic rings. The van der Waals surface area contributed by atoms with E-state index < -0.39 is 5.79 Å². The van der Waals surface area contributed by atoms with E-state index in [4.69, 9.17) is 18.9 Å². The van der Waals surface area contributed by atoms with Crippen molar-refractivity contribution in [2.75, 3.05) is 20.0 Å². The van der Waals surface area contributed by atoms with Crippen LogP contribution in [-0.4, -0.2) is 60.1 Å². The van der Waals surface area contributed by atoms with Gasteiger partial charge in [0.1, 0.15) is 11.9 Å². The van der Waals surface area contributed by atoms with Crippen molar-refractivity contribution in [2.45, 2.75) is 88.4 Å². The van der Waals surface area contributed by atoms with Crippen LogP contribution in [0.3, 0.4) is 0 Å². The van der Waals surface area contributed by atoms with E-state index in [0.717, 1.165) is 49.8 Å². The summed E-state index contributed by atoms with van der Waals surface area (Å²) in [6.45, 7) is 0.453. The van der Waals surface area contributed by atoms with Gasteiger partial charge in [-0.25, -0.2) is 0 Å². The maximum Gasteiger partial charge on any atom is 0.306 e. The van der Waals surface area contributed by atoms with Crippen LogP contribution in [0, 0.1) is 0 Å². The van der Waals surface area contributed by atoms with Crippen LogP contribution >= 0.6 is 11.8 Å². The van der Waals surface area contributed by atoms with E-state index in [2.05, 4.69) is 12.2 Å². The Balaban J connectivity index is 1.55. The third-order valence-electron chi connectivity index (χ3n) is 7.11. The highest BCUT2D eigenvalue weighted by Crippen LogP contribution is 2.43. The van der Waals surface area contributed by atoms with Crippen molar-refractivity contribution >= 4 is 23.0 Å². The fourth-order valence-corrected chi connectivity index (χ4v) is 6.31. The maximum atomic E-state index is 12.9. The molecular weight excluding hydrogens is 466 g/mol. The van der Waals surface area contributed by atoms with E-state index in [1.165, 1.54) is 11.8 Å². The minimum Gasteiger partial charge on any atom is -0.497 e. The topological polar surface area (TPSA) is 74.3 Å². The number of methoxy groups -OCH3 is 2. The van der Waals surface area contributed by atoms with Crippen molar-refractivity contribution in [2.24, 2.45) is 0 Å². The Morgan fingerprint density at radius 3 is 2.57 bits per heavy atom. The van der Waals surface area contributed by atoms with E-state index >= 15 is 0 Å². The average Bonchev–Trinajstić information content (AvgIpc) is 3.23. The van der Waals surface area contributed by atoms with Crippen molar-refractivity contribution in [3.05, 3.63) is 42.0 Å². The fraction of sp³-hybridized carbons (Fsp3) is 0.630. The number of esters is 1. The van der Waals surface area contributed by atoms with Gasteiger partial charge in [0.05, 0.1) is 19.3 Å². The SMILES string of the molecule is COc1ccc(CN2C(=O)SC[C@H]2[C@@]2(OC)C[C@H]3C[C@@H](CCC/C=C/CCCCC(=O)O3)O2)cc1. The zero-order chi connectivity index (χ0) is 24.7. The number of fused-ring (bicyclic) bond motifs is 2. The van der Waals surface area contributed by atoms with Crippen molar-refractivity contribution < 1.29 is 28.5 Å². The lowest BCUT2D eigenvalue weighted by Crippen LogP contribution is -2.60. The maximum absolute atomic E-state index is 12.9. The highest BCUT2D eigenvalue weighted by molar-refractivity contribution is 8.13. The van der Waals surface area contributed by atoms with Crippen LogP contribution in [0.25, 0.3) is 0 Å².